The van der Waals surface area contributed by atoms with E-state index in [2.05, 4.69) is 6.92 Å². The van der Waals surface area contributed by atoms with Gasteiger partial charge in [-0.05, 0) is 6.42 Å². The summed E-state index contributed by atoms with van der Waals surface area (Å²) < 4.78 is 0. The van der Waals surface area contributed by atoms with Crippen LogP contribution in [0, 0.1) is 0 Å². The molecule has 6 heavy (non-hydrogen) atoms. The van der Waals surface area contributed by atoms with Gasteiger partial charge in [0.2, 0.25) is 0 Å². The van der Waals surface area contributed by atoms with Crippen LogP contribution in [-0.2, 0) is 4.84 Å². The Kier molecular flexibility index (Phi) is 1.08. The SMILES string of the molecule is CCCN1CO1. The third-order valence-electron chi connectivity index (χ3n) is 0.785. The lowest BCUT2D eigenvalue weighted by Crippen LogP contribution is -1.94. The van der Waals surface area contributed by atoms with Gasteiger partial charge in [-0.15, -0.1) is 0 Å². The van der Waals surface area contributed by atoms with Crippen LogP contribution in [0.4, 0.5) is 0 Å². The zero-order valence-corrected chi connectivity index (χ0v) is 3.98. The number of rotatable bonds is 2. The molecule has 0 spiro atoms. The largest absolute Gasteiger partial charge is 0.279 e. The maximum absolute atomic E-state index is 4.78. The topological polar surface area (TPSA) is 15.5 Å². The Balaban J connectivity index is 1.88. The summed E-state index contributed by atoms with van der Waals surface area (Å²) in [5.41, 5.74) is 0. The monoisotopic (exact) mass is 87.1 g/mol. The van der Waals surface area contributed by atoms with Crippen molar-refractivity contribution in [2.24, 2.45) is 0 Å². The van der Waals surface area contributed by atoms with Crippen molar-refractivity contribution < 1.29 is 4.84 Å². The molecular weight excluding hydrogens is 78.0 g/mol. The summed E-state index contributed by atoms with van der Waals surface area (Å²) >= 11 is 0. The highest BCUT2D eigenvalue weighted by molar-refractivity contribution is 4.42. The molecule has 1 fully saturated rings. The van der Waals surface area contributed by atoms with E-state index < -0.39 is 0 Å². The summed E-state index contributed by atoms with van der Waals surface area (Å²) in [6.07, 6.45) is 1.19. The predicted molar refractivity (Wildman–Crippen MR) is 22.9 cm³/mol. The number of hydrogen-bond acceptors (Lipinski definition) is 2. The minimum atomic E-state index is 0.855. The highest BCUT2D eigenvalue weighted by Gasteiger charge is 2.15. The molecule has 36 valence electrons. The Hall–Kier alpha value is -0.0800. The Morgan fingerprint density at radius 1 is 1.83 bits per heavy atom. The lowest BCUT2D eigenvalue weighted by Gasteiger charge is -1.84. The van der Waals surface area contributed by atoms with Gasteiger partial charge in [-0.25, -0.2) is 0 Å². The summed E-state index contributed by atoms with van der Waals surface area (Å²) in [5.74, 6) is 0. The lowest BCUT2D eigenvalue weighted by molar-refractivity contribution is 0.201. The first-order chi connectivity index (χ1) is 2.93. The minimum absolute atomic E-state index is 0.855. The fourth-order valence-corrected chi connectivity index (χ4v) is 0.419. The molecule has 2 heteroatoms. The van der Waals surface area contributed by atoms with E-state index in [0.29, 0.717) is 0 Å². The van der Waals surface area contributed by atoms with Crippen LogP contribution in [0.5, 0.6) is 0 Å². The summed E-state index contributed by atoms with van der Waals surface area (Å²) in [7, 11) is 0. The Labute approximate surface area is 37.7 Å². The summed E-state index contributed by atoms with van der Waals surface area (Å²) in [6.45, 7) is 4.09. The molecule has 1 aliphatic rings. The normalized spacial score (nSPS) is 30.5. The standard InChI is InChI=1S/C4H9NO/c1-2-3-5-4-6-5/h2-4H2,1H3. The lowest BCUT2D eigenvalue weighted by atomic mass is 10.5. The first kappa shape index (κ1) is 4.09. The molecule has 0 bridgehead atoms. The average Bonchev–Trinajstić information content (AvgIpc) is 2.21. The van der Waals surface area contributed by atoms with Crippen molar-refractivity contribution in [1.29, 1.82) is 0 Å². The molecule has 1 aliphatic heterocycles. The van der Waals surface area contributed by atoms with Crippen LogP contribution in [0.3, 0.4) is 0 Å². The van der Waals surface area contributed by atoms with Crippen molar-refractivity contribution in [2.75, 3.05) is 13.3 Å². The molecule has 0 aromatic heterocycles. The van der Waals surface area contributed by atoms with Crippen molar-refractivity contribution in [2.45, 2.75) is 13.3 Å². The second kappa shape index (κ2) is 1.58. The third-order valence-corrected chi connectivity index (χ3v) is 0.785. The molecule has 0 saturated carbocycles. The van der Waals surface area contributed by atoms with E-state index in [1.807, 2.05) is 5.06 Å². The van der Waals surface area contributed by atoms with E-state index in [1.54, 1.807) is 0 Å². The van der Waals surface area contributed by atoms with Gasteiger partial charge in [0.25, 0.3) is 0 Å². The molecule has 0 radical (unpaired) electrons. The Morgan fingerprint density at radius 3 is 2.67 bits per heavy atom. The van der Waals surface area contributed by atoms with E-state index in [-0.39, 0.29) is 0 Å². The summed E-state index contributed by atoms with van der Waals surface area (Å²) in [5, 5.41) is 1.93. The molecule has 0 aromatic carbocycles. The van der Waals surface area contributed by atoms with E-state index in [4.69, 9.17) is 4.84 Å². The second-order valence-electron chi connectivity index (χ2n) is 1.46. The van der Waals surface area contributed by atoms with Crippen molar-refractivity contribution in [1.82, 2.24) is 5.06 Å². The number of nitrogens with zero attached hydrogens (tertiary/aromatic N) is 1. The van der Waals surface area contributed by atoms with E-state index in [9.17, 15) is 0 Å². The Morgan fingerprint density at radius 2 is 2.50 bits per heavy atom. The van der Waals surface area contributed by atoms with Gasteiger partial charge in [-0.2, -0.15) is 5.06 Å². The molecule has 0 aliphatic carbocycles. The van der Waals surface area contributed by atoms with Crippen LogP contribution in [0.25, 0.3) is 0 Å². The third kappa shape index (κ3) is 0.954. The maximum Gasteiger partial charge on any atom is 0.144 e. The van der Waals surface area contributed by atoms with Gasteiger partial charge in [0.05, 0.1) is 0 Å². The number of hydroxylamine groups is 2. The van der Waals surface area contributed by atoms with Gasteiger partial charge >= 0.3 is 0 Å². The van der Waals surface area contributed by atoms with Gasteiger partial charge in [-0.1, -0.05) is 6.92 Å². The Bertz CT molecular complexity index is 42.8. The molecule has 2 nitrogen and oxygen atoms in total. The molecule has 0 aromatic rings. The van der Waals surface area contributed by atoms with Crippen molar-refractivity contribution >= 4 is 0 Å². The second-order valence-corrected chi connectivity index (χ2v) is 1.46. The first-order valence-corrected chi connectivity index (χ1v) is 2.31. The highest BCUT2D eigenvalue weighted by Crippen LogP contribution is 2.04. The fraction of sp³-hybridized carbons (Fsp3) is 1.00. The van der Waals surface area contributed by atoms with Crippen molar-refractivity contribution in [3.63, 3.8) is 0 Å². The van der Waals surface area contributed by atoms with E-state index in [1.165, 1.54) is 6.42 Å². The smallest absolute Gasteiger partial charge is 0.144 e. The van der Waals surface area contributed by atoms with Crippen LogP contribution in [0.1, 0.15) is 13.3 Å². The van der Waals surface area contributed by atoms with Gasteiger partial charge in [0, 0.05) is 6.54 Å². The number of hydrogen-bond donors (Lipinski definition) is 0. The van der Waals surface area contributed by atoms with Gasteiger partial charge < -0.3 is 0 Å². The van der Waals surface area contributed by atoms with Gasteiger partial charge in [0.15, 0.2) is 0 Å². The molecule has 0 amide bonds. The van der Waals surface area contributed by atoms with Crippen LogP contribution >= 0.6 is 0 Å². The highest BCUT2D eigenvalue weighted by atomic mass is 16.8. The summed E-state index contributed by atoms with van der Waals surface area (Å²) in [4.78, 5) is 4.78. The average molecular weight is 87.1 g/mol. The molecule has 1 heterocycles. The zero-order chi connectivity index (χ0) is 4.41. The quantitative estimate of drug-likeness (QED) is 0.458. The molecule has 1 atom stereocenters. The molecular formula is C4H9NO. The molecule has 1 saturated heterocycles. The van der Waals surface area contributed by atoms with Gasteiger partial charge in [0.1, 0.15) is 6.73 Å². The maximum atomic E-state index is 4.78. The van der Waals surface area contributed by atoms with Gasteiger partial charge in [-0.3, -0.25) is 4.84 Å². The molecule has 1 unspecified atom stereocenters. The first-order valence-electron chi connectivity index (χ1n) is 2.31. The van der Waals surface area contributed by atoms with Crippen molar-refractivity contribution in [3.05, 3.63) is 0 Å². The predicted octanol–water partition coefficient (Wildman–Crippen LogP) is 0.601. The van der Waals surface area contributed by atoms with Crippen LogP contribution in [0.15, 0.2) is 0 Å². The van der Waals surface area contributed by atoms with E-state index >= 15 is 0 Å². The molecule has 1 rings (SSSR count). The summed E-state index contributed by atoms with van der Waals surface area (Å²) in [6, 6.07) is 0. The van der Waals surface area contributed by atoms with Crippen LogP contribution in [0.2, 0.25) is 0 Å². The van der Waals surface area contributed by atoms with Crippen LogP contribution in [-0.4, -0.2) is 18.3 Å². The van der Waals surface area contributed by atoms with E-state index in [0.717, 1.165) is 13.3 Å². The zero-order valence-electron chi connectivity index (χ0n) is 3.98. The van der Waals surface area contributed by atoms with Crippen LogP contribution < -0.4 is 0 Å². The van der Waals surface area contributed by atoms with Crippen molar-refractivity contribution in [3.8, 4) is 0 Å². The fourth-order valence-electron chi connectivity index (χ4n) is 0.419. The molecule has 0 N–H and O–H groups in total. The minimum Gasteiger partial charge on any atom is -0.279 e.